The standard InChI is InChI=1S/C21H24ClNO3/c22-19-9-5-18(6-10-19)4-2-16-26-20-11-7-17(8-12-20)3-1-14-23-15-13-21(24)25/h1,3,5-12,23H,2,4,13-16H2,(H,24,25). The zero-order chi connectivity index (χ0) is 18.6. The SMILES string of the molecule is O=C(O)CCNCC=Cc1ccc(OCCCc2ccc(Cl)cc2)cc1. The summed E-state index contributed by atoms with van der Waals surface area (Å²) in [6.45, 7) is 1.80. The molecule has 0 fully saturated rings. The smallest absolute Gasteiger partial charge is 0.304 e. The fourth-order valence-corrected chi connectivity index (χ4v) is 2.49. The average molecular weight is 374 g/mol. The lowest BCUT2D eigenvalue weighted by molar-refractivity contribution is -0.136. The van der Waals surface area contributed by atoms with Gasteiger partial charge in [0.2, 0.25) is 0 Å². The van der Waals surface area contributed by atoms with Crippen LogP contribution in [0.2, 0.25) is 5.02 Å². The Hall–Kier alpha value is -2.30. The van der Waals surface area contributed by atoms with E-state index in [0.717, 1.165) is 29.2 Å². The van der Waals surface area contributed by atoms with Gasteiger partial charge in [0, 0.05) is 18.1 Å². The molecule has 0 aliphatic heterocycles. The average Bonchev–Trinajstić information content (AvgIpc) is 2.64. The number of aliphatic carboxylic acids is 1. The van der Waals surface area contributed by atoms with E-state index in [1.807, 2.05) is 60.7 Å². The van der Waals surface area contributed by atoms with Gasteiger partial charge in [-0.2, -0.15) is 0 Å². The Morgan fingerprint density at radius 3 is 2.54 bits per heavy atom. The first-order chi connectivity index (χ1) is 12.6. The fraction of sp³-hybridized carbons (Fsp3) is 0.286. The predicted molar refractivity (Wildman–Crippen MR) is 106 cm³/mol. The van der Waals surface area contributed by atoms with Crippen LogP contribution < -0.4 is 10.1 Å². The van der Waals surface area contributed by atoms with Crippen molar-refractivity contribution in [3.05, 3.63) is 70.8 Å². The summed E-state index contributed by atoms with van der Waals surface area (Å²) in [5, 5.41) is 12.4. The van der Waals surface area contributed by atoms with Crippen molar-refractivity contribution in [2.24, 2.45) is 0 Å². The molecule has 138 valence electrons. The first-order valence-electron chi connectivity index (χ1n) is 8.70. The molecule has 0 radical (unpaired) electrons. The highest BCUT2D eigenvalue weighted by atomic mass is 35.5. The second kappa shape index (κ2) is 11.3. The molecule has 0 spiro atoms. The monoisotopic (exact) mass is 373 g/mol. The van der Waals surface area contributed by atoms with Crippen LogP contribution in [0, 0.1) is 0 Å². The normalized spacial score (nSPS) is 11.0. The van der Waals surface area contributed by atoms with Gasteiger partial charge in [-0.25, -0.2) is 0 Å². The lowest BCUT2D eigenvalue weighted by atomic mass is 10.1. The van der Waals surface area contributed by atoms with Crippen LogP contribution in [0.5, 0.6) is 5.75 Å². The summed E-state index contributed by atoms with van der Waals surface area (Å²) in [5.74, 6) is 0.0723. The first-order valence-corrected chi connectivity index (χ1v) is 9.07. The van der Waals surface area contributed by atoms with Crippen LogP contribution in [0.25, 0.3) is 6.08 Å². The molecule has 0 atom stereocenters. The van der Waals surface area contributed by atoms with Gasteiger partial charge >= 0.3 is 5.97 Å². The van der Waals surface area contributed by atoms with E-state index in [2.05, 4.69) is 5.32 Å². The number of aryl methyl sites for hydroxylation is 1. The molecular formula is C21H24ClNO3. The van der Waals surface area contributed by atoms with Crippen LogP contribution in [-0.4, -0.2) is 30.8 Å². The van der Waals surface area contributed by atoms with E-state index < -0.39 is 5.97 Å². The maximum Gasteiger partial charge on any atom is 0.304 e. The van der Waals surface area contributed by atoms with Crippen molar-refractivity contribution in [1.29, 1.82) is 0 Å². The third kappa shape index (κ3) is 8.19. The van der Waals surface area contributed by atoms with E-state index in [1.54, 1.807) is 0 Å². The molecule has 0 bridgehead atoms. The second-order valence-corrected chi connectivity index (χ2v) is 6.33. The van der Waals surface area contributed by atoms with Gasteiger partial charge in [-0.05, 0) is 48.2 Å². The van der Waals surface area contributed by atoms with Gasteiger partial charge in [-0.3, -0.25) is 4.79 Å². The van der Waals surface area contributed by atoms with Gasteiger partial charge in [0.1, 0.15) is 5.75 Å². The van der Waals surface area contributed by atoms with Crippen molar-refractivity contribution < 1.29 is 14.6 Å². The number of benzene rings is 2. The van der Waals surface area contributed by atoms with Gasteiger partial charge in [0.25, 0.3) is 0 Å². The van der Waals surface area contributed by atoms with Gasteiger partial charge in [-0.1, -0.05) is 48.0 Å². The van der Waals surface area contributed by atoms with Crippen molar-refractivity contribution >= 4 is 23.6 Å². The van der Waals surface area contributed by atoms with E-state index in [4.69, 9.17) is 21.4 Å². The molecule has 0 heterocycles. The van der Waals surface area contributed by atoms with Crippen LogP contribution >= 0.6 is 11.6 Å². The number of rotatable bonds is 11. The number of halogens is 1. The molecule has 0 aliphatic rings. The molecule has 0 aromatic heterocycles. The van der Waals surface area contributed by atoms with E-state index >= 15 is 0 Å². The van der Waals surface area contributed by atoms with E-state index in [-0.39, 0.29) is 6.42 Å². The Bertz CT molecular complexity index is 696. The maximum absolute atomic E-state index is 10.4. The number of carboxylic acid groups (broad SMARTS) is 1. The number of hydrogen-bond acceptors (Lipinski definition) is 3. The van der Waals surface area contributed by atoms with Crippen LogP contribution in [0.3, 0.4) is 0 Å². The molecule has 0 saturated carbocycles. The highest BCUT2D eigenvalue weighted by Gasteiger charge is 1.97. The largest absolute Gasteiger partial charge is 0.494 e. The molecule has 5 heteroatoms. The lowest BCUT2D eigenvalue weighted by Gasteiger charge is -2.07. The van der Waals surface area contributed by atoms with Crippen LogP contribution in [0.4, 0.5) is 0 Å². The van der Waals surface area contributed by atoms with Crippen molar-refractivity contribution in [2.45, 2.75) is 19.3 Å². The summed E-state index contributed by atoms with van der Waals surface area (Å²) >= 11 is 5.88. The topological polar surface area (TPSA) is 58.6 Å². The minimum absolute atomic E-state index is 0.137. The third-order valence-electron chi connectivity index (χ3n) is 3.76. The molecular weight excluding hydrogens is 350 g/mol. The number of carbonyl (C=O) groups is 1. The Balaban J connectivity index is 1.63. The van der Waals surface area contributed by atoms with E-state index in [9.17, 15) is 4.79 Å². The molecule has 2 N–H and O–H groups in total. The minimum Gasteiger partial charge on any atom is -0.494 e. The summed E-state index contributed by atoms with van der Waals surface area (Å²) in [6, 6.07) is 15.8. The predicted octanol–water partition coefficient (Wildman–Crippen LogP) is 4.43. The van der Waals surface area contributed by atoms with Crippen molar-refractivity contribution in [3.8, 4) is 5.75 Å². The highest BCUT2D eigenvalue weighted by molar-refractivity contribution is 6.30. The summed E-state index contributed by atoms with van der Waals surface area (Å²) in [7, 11) is 0. The third-order valence-corrected chi connectivity index (χ3v) is 4.01. The Morgan fingerprint density at radius 2 is 1.85 bits per heavy atom. The van der Waals surface area contributed by atoms with Crippen molar-refractivity contribution in [3.63, 3.8) is 0 Å². The number of nitrogens with one attached hydrogen (secondary N) is 1. The molecule has 0 unspecified atom stereocenters. The fourth-order valence-electron chi connectivity index (χ4n) is 2.37. The minimum atomic E-state index is -0.787. The summed E-state index contributed by atoms with van der Waals surface area (Å²) < 4.78 is 5.77. The van der Waals surface area contributed by atoms with Gasteiger partial charge in [0.05, 0.1) is 13.0 Å². The van der Waals surface area contributed by atoms with Gasteiger partial charge in [-0.15, -0.1) is 0 Å². The number of carboxylic acids is 1. The lowest BCUT2D eigenvalue weighted by Crippen LogP contribution is -2.17. The molecule has 2 aromatic carbocycles. The van der Waals surface area contributed by atoms with E-state index in [0.29, 0.717) is 19.7 Å². The molecule has 0 saturated heterocycles. The summed E-state index contributed by atoms with van der Waals surface area (Å²) in [6.07, 6.45) is 6.03. The second-order valence-electron chi connectivity index (χ2n) is 5.90. The molecule has 2 aromatic rings. The van der Waals surface area contributed by atoms with Crippen LogP contribution in [0.15, 0.2) is 54.6 Å². The van der Waals surface area contributed by atoms with Crippen molar-refractivity contribution in [1.82, 2.24) is 5.32 Å². The van der Waals surface area contributed by atoms with Crippen LogP contribution in [-0.2, 0) is 11.2 Å². The summed E-state index contributed by atoms with van der Waals surface area (Å²) in [5.41, 5.74) is 2.34. The van der Waals surface area contributed by atoms with Gasteiger partial charge in [0.15, 0.2) is 0 Å². The van der Waals surface area contributed by atoms with Crippen LogP contribution in [0.1, 0.15) is 24.0 Å². The Kier molecular flexibility index (Phi) is 8.73. The maximum atomic E-state index is 10.4. The Morgan fingerprint density at radius 1 is 1.12 bits per heavy atom. The first kappa shape index (κ1) is 20.0. The Labute approximate surface area is 159 Å². The molecule has 26 heavy (non-hydrogen) atoms. The molecule has 0 aliphatic carbocycles. The molecule has 4 nitrogen and oxygen atoms in total. The zero-order valence-corrected chi connectivity index (χ0v) is 15.4. The highest BCUT2D eigenvalue weighted by Crippen LogP contribution is 2.14. The molecule has 0 amide bonds. The molecule has 2 rings (SSSR count). The van der Waals surface area contributed by atoms with Gasteiger partial charge < -0.3 is 15.2 Å². The van der Waals surface area contributed by atoms with Crippen molar-refractivity contribution in [2.75, 3.05) is 19.7 Å². The number of hydrogen-bond donors (Lipinski definition) is 2. The quantitative estimate of drug-likeness (QED) is 0.572. The zero-order valence-electron chi connectivity index (χ0n) is 14.7. The summed E-state index contributed by atoms with van der Waals surface area (Å²) in [4.78, 5) is 10.4. The van der Waals surface area contributed by atoms with E-state index in [1.165, 1.54) is 5.56 Å². The number of ether oxygens (including phenoxy) is 1.